The van der Waals surface area contributed by atoms with Crippen LogP contribution in [-0.4, -0.2) is 41.5 Å². The molecule has 1 unspecified atom stereocenters. The summed E-state index contributed by atoms with van der Waals surface area (Å²) in [7, 11) is 2.14. The van der Waals surface area contributed by atoms with Crippen LogP contribution < -0.4 is 5.32 Å². The number of rotatable bonds is 7. The molecule has 1 atom stereocenters. The first-order valence-corrected chi connectivity index (χ1v) is 9.97. The van der Waals surface area contributed by atoms with Crippen molar-refractivity contribution >= 4 is 17.7 Å². The van der Waals surface area contributed by atoms with Gasteiger partial charge in [0, 0.05) is 29.7 Å². The molecule has 1 heterocycles. The first-order valence-electron chi connectivity index (χ1n) is 9.16. The maximum atomic E-state index is 12.7. The molecular weight excluding hydrogens is 342 g/mol. The van der Waals surface area contributed by atoms with Crippen molar-refractivity contribution in [2.45, 2.75) is 55.6 Å². The van der Waals surface area contributed by atoms with Gasteiger partial charge in [0.2, 0.25) is 0 Å². The van der Waals surface area contributed by atoms with E-state index in [-0.39, 0.29) is 5.91 Å². The van der Waals surface area contributed by atoms with Gasteiger partial charge in [-0.1, -0.05) is 17.8 Å². The number of carbonyl (C=O) groups excluding carboxylic acids is 1. The topological polar surface area (TPSA) is 45.2 Å². The fourth-order valence-electron chi connectivity index (χ4n) is 2.86. The molecular formula is C21H27N3OS. The van der Waals surface area contributed by atoms with Crippen LogP contribution in [0, 0.1) is 13.8 Å². The molecule has 26 heavy (non-hydrogen) atoms. The Labute approximate surface area is 160 Å². The van der Waals surface area contributed by atoms with E-state index in [1.165, 1.54) is 35.7 Å². The standard InChI is InChI=1S/C21H27N3OS/c1-14-7-10-18(12-15(14)2)26-21-19(6-5-11-22-21)20(25)23-13-16(3)24(4)17-8-9-17/h5-7,10-12,16-17H,8-9,13H2,1-4H3,(H,23,25). The Kier molecular flexibility index (Phi) is 5.99. The van der Waals surface area contributed by atoms with Crippen molar-refractivity contribution in [3.8, 4) is 0 Å². The number of nitrogens with zero attached hydrogens (tertiary/aromatic N) is 2. The number of benzene rings is 1. The third kappa shape index (κ3) is 4.65. The van der Waals surface area contributed by atoms with Crippen LogP contribution in [0.25, 0.3) is 0 Å². The minimum Gasteiger partial charge on any atom is -0.350 e. The van der Waals surface area contributed by atoms with Crippen molar-refractivity contribution in [2.75, 3.05) is 13.6 Å². The van der Waals surface area contributed by atoms with E-state index in [1.807, 2.05) is 12.1 Å². The van der Waals surface area contributed by atoms with Gasteiger partial charge < -0.3 is 5.32 Å². The van der Waals surface area contributed by atoms with Gasteiger partial charge in [0.05, 0.1) is 5.56 Å². The average Bonchev–Trinajstić information content (AvgIpc) is 3.47. The number of aromatic nitrogens is 1. The number of pyridine rings is 1. The van der Waals surface area contributed by atoms with Crippen molar-refractivity contribution in [1.82, 2.24) is 15.2 Å². The molecule has 1 amide bonds. The number of nitrogens with one attached hydrogen (secondary N) is 1. The summed E-state index contributed by atoms with van der Waals surface area (Å²) in [5.41, 5.74) is 3.15. The highest BCUT2D eigenvalue weighted by Crippen LogP contribution is 2.30. The highest BCUT2D eigenvalue weighted by atomic mass is 32.2. The zero-order valence-electron chi connectivity index (χ0n) is 16.0. The highest BCUT2D eigenvalue weighted by molar-refractivity contribution is 7.99. The van der Waals surface area contributed by atoms with E-state index >= 15 is 0 Å². The number of hydrogen-bond acceptors (Lipinski definition) is 4. The second kappa shape index (κ2) is 8.23. The molecule has 1 saturated carbocycles. The van der Waals surface area contributed by atoms with Gasteiger partial charge in [-0.25, -0.2) is 4.98 Å². The van der Waals surface area contributed by atoms with E-state index in [0.29, 0.717) is 24.2 Å². The molecule has 1 fully saturated rings. The Balaban J connectivity index is 1.67. The average molecular weight is 370 g/mol. The highest BCUT2D eigenvalue weighted by Gasteiger charge is 2.29. The van der Waals surface area contributed by atoms with E-state index in [9.17, 15) is 4.79 Å². The Morgan fingerprint density at radius 3 is 2.77 bits per heavy atom. The summed E-state index contributed by atoms with van der Waals surface area (Å²) in [5.74, 6) is -0.0551. The Morgan fingerprint density at radius 2 is 2.08 bits per heavy atom. The number of likely N-dealkylation sites (N-methyl/N-ethyl adjacent to an activating group) is 1. The Bertz CT molecular complexity index is 789. The summed E-state index contributed by atoms with van der Waals surface area (Å²) in [4.78, 5) is 20.6. The number of hydrogen-bond donors (Lipinski definition) is 1. The summed E-state index contributed by atoms with van der Waals surface area (Å²) < 4.78 is 0. The maximum Gasteiger partial charge on any atom is 0.254 e. The zero-order valence-corrected chi connectivity index (χ0v) is 16.8. The van der Waals surface area contributed by atoms with E-state index in [4.69, 9.17) is 0 Å². The van der Waals surface area contributed by atoms with Crippen LogP contribution in [0.3, 0.4) is 0 Å². The van der Waals surface area contributed by atoms with Crippen molar-refractivity contribution < 1.29 is 4.79 Å². The van der Waals surface area contributed by atoms with Crippen LogP contribution in [0.2, 0.25) is 0 Å². The van der Waals surface area contributed by atoms with Gasteiger partial charge in [-0.15, -0.1) is 0 Å². The van der Waals surface area contributed by atoms with Gasteiger partial charge in [-0.05, 0) is 76.1 Å². The lowest BCUT2D eigenvalue weighted by atomic mass is 10.1. The van der Waals surface area contributed by atoms with Gasteiger partial charge >= 0.3 is 0 Å². The summed E-state index contributed by atoms with van der Waals surface area (Å²) >= 11 is 1.54. The lowest BCUT2D eigenvalue weighted by Crippen LogP contribution is -2.41. The maximum absolute atomic E-state index is 12.7. The molecule has 0 bridgehead atoms. The number of carbonyl (C=O) groups is 1. The smallest absolute Gasteiger partial charge is 0.254 e. The zero-order chi connectivity index (χ0) is 18.7. The summed E-state index contributed by atoms with van der Waals surface area (Å²) in [5, 5.41) is 3.82. The van der Waals surface area contributed by atoms with Crippen molar-refractivity contribution in [2.24, 2.45) is 0 Å². The molecule has 0 spiro atoms. The first kappa shape index (κ1) is 18.9. The second-order valence-corrected chi connectivity index (χ2v) is 8.22. The number of aryl methyl sites for hydroxylation is 2. The van der Waals surface area contributed by atoms with E-state index in [2.05, 4.69) is 61.2 Å². The van der Waals surface area contributed by atoms with Gasteiger partial charge in [-0.2, -0.15) is 0 Å². The van der Waals surface area contributed by atoms with Gasteiger partial charge in [-0.3, -0.25) is 9.69 Å². The van der Waals surface area contributed by atoms with Crippen molar-refractivity contribution in [1.29, 1.82) is 0 Å². The minimum absolute atomic E-state index is 0.0551. The monoisotopic (exact) mass is 369 g/mol. The second-order valence-electron chi connectivity index (χ2n) is 7.16. The molecule has 2 aromatic rings. The van der Waals surface area contributed by atoms with Crippen molar-refractivity contribution in [3.63, 3.8) is 0 Å². The molecule has 1 aliphatic rings. The molecule has 0 aliphatic heterocycles. The fraction of sp³-hybridized carbons (Fsp3) is 0.429. The van der Waals surface area contributed by atoms with Crippen LogP contribution in [0.5, 0.6) is 0 Å². The predicted octanol–water partition coefficient (Wildman–Crippen LogP) is 4.06. The van der Waals surface area contributed by atoms with Gasteiger partial charge in [0.25, 0.3) is 5.91 Å². The fourth-order valence-corrected chi connectivity index (χ4v) is 3.83. The quantitative estimate of drug-likeness (QED) is 0.799. The van der Waals surface area contributed by atoms with Crippen LogP contribution in [0.4, 0.5) is 0 Å². The lowest BCUT2D eigenvalue weighted by molar-refractivity contribution is 0.0936. The normalized spacial score (nSPS) is 15.1. The SMILES string of the molecule is Cc1ccc(Sc2ncccc2C(=O)NCC(C)N(C)C2CC2)cc1C. The third-order valence-corrected chi connectivity index (χ3v) is 6.09. The third-order valence-electron chi connectivity index (χ3n) is 5.08. The van der Waals surface area contributed by atoms with E-state index in [1.54, 1.807) is 6.20 Å². The molecule has 0 saturated heterocycles. The van der Waals surface area contributed by atoms with Crippen molar-refractivity contribution in [3.05, 3.63) is 53.2 Å². The Hall–Kier alpha value is -1.85. The number of amides is 1. The van der Waals surface area contributed by atoms with Gasteiger partial charge in [0.15, 0.2) is 0 Å². The van der Waals surface area contributed by atoms with Crippen LogP contribution in [0.15, 0.2) is 46.5 Å². The molecule has 5 heteroatoms. The molecule has 1 N–H and O–H groups in total. The van der Waals surface area contributed by atoms with Crippen LogP contribution >= 0.6 is 11.8 Å². The van der Waals surface area contributed by atoms with Crippen LogP contribution in [-0.2, 0) is 0 Å². The first-order chi connectivity index (χ1) is 12.5. The molecule has 1 aliphatic carbocycles. The summed E-state index contributed by atoms with van der Waals surface area (Å²) in [6.07, 6.45) is 4.28. The predicted molar refractivity (Wildman–Crippen MR) is 107 cm³/mol. The summed E-state index contributed by atoms with van der Waals surface area (Å²) in [6, 6.07) is 11.0. The molecule has 1 aromatic carbocycles. The van der Waals surface area contributed by atoms with Crippen LogP contribution in [0.1, 0.15) is 41.3 Å². The molecule has 1 aromatic heterocycles. The largest absolute Gasteiger partial charge is 0.350 e. The van der Waals surface area contributed by atoms with E-state index < -0.39 is 0 Å². The van der Waals surface area contributed by atoms with Gasteiger partial charge in [0.1, 0.15) is 5.03 Å². The summed E-state index contributed by atoms with van der Waals surface area (Å²) in [6.45, 7) is 7.01. The molecule has 3 rings (SSSR count). The lowest BCUT2D eigenvalue weighted by Gasteiger charge is -2.24. The van der Waals surface area contributed by atoms with E-state index in [0.717, 1.165) is 9.92 Å². The Morgan fingerprint density at radius 1 is 1.31 bits per heavy atom. The molecule has 138 valence electrons. The minimum atomic E-state index is -0.0551. The molecule has 0 radical (unpaired) electrons. The molecule has 4 nitrogen and oxygen atoms in total.